The zero-order chi connectivity index (χ0) is 18.4. The molecule has 0 aliphatic rings. The van der Waals surface area contributed by atoms with Crippen LogP contribution >= 0.6 is 31.9 Å². The summed E-state index contributed by atoms with van der Waals surface area (Å²) in [6, 6.07) is 22.4. The van der Waals surface area contributed by atoms with Crippen molar-refractivity contribution in [3.8, 4) is 5.75 Å². The summed E-state index contributed by atoms with van der Waals surface area (Å²) in [5, 5.41) is 0. The molecule has 26 heavy (non-hydrogen) atoms. The summed E-state index contributed by atoms with van der Waals surface area (Å²) in [6.45, 7) is 2.67. The van der Waals surface area contributed by atoms with E-state index in [4.69, 9.17) is 4.74 Å². The Bertz CT molecular complexity index is 867. The number of benzene rings is 3. The number of aryl methyl sites for hydroxylation is 1. The molecule has 4 heteroatoms. The van der Waals surface area contributed by atoms with E-state index in [0.29, 0.717) is 6.61 Å². The van der Waals surface area contributed by atoms with Crippen molar-refractivity contribution in [1.82, 2.24) is 0 Å². The molecule has 0 aliphatic carbocycles. The molecule has 0 saturated heterocycles. The first-order chi connectivity index (χ1) is 12.7. The minimum atomic E-state index is 0.523. The highest BCUT2D eigenvalue weighted by molar-refractivity contribution is 9.11. The van der Waals surface area contributed by atoms with E-state index in [9.17, 15) is 0 Å². The predicted octanol–water partition coefficient (Wildman–Crippen LogP) is 7.10. The smallest absolute Gasteiger partial charge is 0.148 e. The first kappa shape index (κ1) is 18.9. The van der Waals surface area contributed by atoms with E-state index in [1.165, 1.54) is 5.56 Å². The van der Waals surface area contributed by atoms with E-state index in [1.807, 2.05) is 60.8 Å². The van der Waals surface area contributed by atoms with Crippen molar-refractivity contribution in [1.29, 1.82) is 0 Å². The second kappa shape index (κ2) is 9.15. The van der Waals surface area contributed by atoms with E-state index in [-0.39, 0.29) is 0 Å². The molecule has 0 N–H and O–H groups in total. The van der Waals surface area contributed by atoms with Crippen LogP contribution in [0.1, 0.15) is 23.6 Å². The first-order valence-electron chi connectivity index (χ1n) is 8.44. The van der Waals surface area contributed by atoms with Crippen LogP contribution in [0.5, 0.6) is 5.75 Å². The molecule has 2 nitrogen and oxygen atoms in total. The third kappa shape index (κ3) is 5.05. The third-order valence-corrected chi connectivity index (χ3v) is 5.13. The SMILES string of the molecule is CCc1ccc(N=Cc2cc(Br)c(OCc3ccccc3)c(Br)c2)cc1. The molecule has 0 aliphatic heterocycles. The summed E-state index contributed by atoms with van der Waals surface area (Å²) in [5.74, 6) is 0.790. The van der Waals surface area contributed by atoms with Gasteiger partial charge in [0, 0.05) is 6.21 Å². The van der Waals surface area contributed by atoms with Gasteiger partial charge >= 0.3 is 0 Å². The van der Waals surface area contributed by atoms with Gasteiger partial charge in [-0.15, -0.1) is 0 Å². The molecule has 0 unspecified atom stereocenters. The molecule has 0 radical (unpaired) electrons. The third-order valence-electron chi connectivity index (χ3n) is 3.95. The molecular formula is C22H19Br2NO. The Labute approximate surface area is 171 Å². The lowest BCUT2D eigenvalue weighted by Gasteiger charge is -2.11. The van der Waals surface area contributed by atoms with E-state index in [2.05, 4.69) is 55.9 Å². The van der Waals surface area contributed by atoms with E-state index in [1.54, 1.807) is 0 Å². The van der Waals surface area contributed by atoms with Crippen LogP contribution in [0.25, 0.3) is 0 Å². The average molecular weight is 473 g/mol. The minimum absolute atomic E-state index is 0.523. The van der Waals surface area contributed by atoms with Gasteiger partial charge in [0.1, 0.15) is 12.4 Å². The molecule has 3 rings (SSSR count). The van der Waals surface area contributed by atoms with Gasteiger partial charge in [-0.1, -0.05) is 49.4 Å². The van der Waals surface area contributed by atoms with Crippen LogP contribution in [0.2, 0.25) is 0 Å². The summed E-state index contributed by atoms with van der Waals surface area (Å²) in [4.78, 5) is 4.55. The van der Waals surface area contributed by atoms with Crippen molar-refractivity contribution in [3.05, 3.63) is 92.4 Å². The second-order valence-corrected chi connectivity index (χ2v) is 7.57. The van der Waals surface area contributed by atoms with Gasteiger partial charge in [-0.3, -0.25) is 4.99 Å². The van der Waals surface area contributed by atoms with Crippen molar-refractivity contribution in [2.24, 2.45) is 4.99 Å². The predicted molar refractivity (Wildman–Crippen MR) is 116 cm³/mol. The lowest BCUT2D eigenvalue weighted by atomic mass is 10.1. The molecule has 0 heterocycles. The highest BCUT2D eigenvalue weighted by Gasteiger charge is 2.09. The van der Waals surface area contributed by atoms with Crippen LogP contribution < -0.4 is 4.74 Å². The fourth-order valence-corrected chi connectivity index (χ4v) is 3.94. The standard InChI is InChI=1S/C22H19Br2NO/c1-2-16-8-10-19(11-9-16)25-14-18-12-20(23)22(21(24)13-18)26-15-17-6-4-3-5-7-17/h3-14H,2,15H2,1H3. The van der Waals surface area contributed by atoms with Gasteiger partial charge in [0.05, 0.1) is 14.6 Å². The topological polar surface area (TPSA) is 21.6 Å². The number of rotatable bonds is 6. The van der Waals surface area contributed by atoms with Gasteiger partial charge < -0.3 is 4.74 Å². The van der Waals surface area contributed by atoms with Crippen LogP contribution in [0.15, 0.2) is 80.7 Å². The van der Waals surface area contributed by atoms with Crippen LogP contribution in [-0.4, -0.2) is 6.21 Å². The average Bonchev–Trinajstić information content (AvgIpc) is 2.67. The van der Waals surface area contributed by atoms with Crippen molar-refractivity contribution in [3.63, 3.8) is 0 Å². The van der Waals surface area contributed by atoms with Crippen LogP contribution in [0.3, 0.4) is 0 Å². The van der Waals surface area contributed by atoms with Gasteiger partial charge in [-0.2, -0.15) is 0 Å². The molecule has 132 valence electrons. The van der Waals surface area contributed by atoms with E-state index >= 15 is 0 Å². The van der Waals surface area contributed by atoms with Crippen LogP contribution in [0, 0.1) is 0 Å². The van der Waals surface area contributed by atoms with Crippen molar-refractivity contribution in [2.45, 2.75) is 20.0 Å². The monoisotopic (exact) mass is 471 g/mol. The number of ether oxygens (including phenoxy) is 1. The van der Waals surface area contributed by atoms with Crippen molar-refractivity contribution < 1.29 is 4.74 Å². The van der Waals surface area contributed by atoms with E-state index in [0.717, 1.165) is 37.9 Å². The molecule has 0 fully saturated rings. The summed E-state index contributed by atoms with van der Waals surface area (Å²) in [7, 11) is 0. The highest BCUT2D eigenvalue weighted by Crippen LogP contribution is 2.35. The maximum absolute atomic E-state index is 5.96. The quantitative estimate of drug-likeness (QED) is 0.350. The number of hydrogen-bond donors (Lipinski definition) is 0. The van der Waals surface area contributed by atoms with Gasteiger partial charge in [-0.05, 0) is 79.2 Å². The zero-order valence-electron chi connectivity index (χ0n) is 14.5. The molecule has 0 amide bonds. The number of aliphatic imine (C=N–C) groups is 1. The summed E-state index contributed by atoms with van der Waals surface area (Å²) < 4.78 is 7.75. The minimum Gasteiger partial charge on any atom is -0.487 e. The molecule has 0 saturated carbocycles. The number of hydrogen-bond acceptors (Lipinski definition) is 2. The Hall–Kier alpha value is -1.91. The van der Waals surface area contributed by atoms with Gasteiger partial charge in [0.2, 0.25) is 0 Å². The largest absolute Gasteiger partial charge is 0.487 e. The summed E-state index contributed by atoms with van der Waals surface area (Å²) >= 11 is 7.20. The Morgan fingerprint density at radius 1 is 0.885 bits per heavy atom. The van der Waals surface area contributed by atoms with Crippen LogP contribution in [0.4, 0.5) is 5.69 Å². The summed E-state index contributed by atoms with van der Waals surface area (Å²) in [6.07, 6.45) is 2.89. The highest BCUT2D eigenvalue weighted by atomic mass is 79.9. The Morgan fingerprint density at radius 3 is 2.15 bits per heavy atom. The van der Waals surface area contributed by atoms with Crippen LogP contribution in [-0.2, 0) is 13.0 Å². The Balaban J connectivity index is 1.72. The molecule has 0 atom stereocenters. The van der Waals surface area contributed by atoms with Crippen molar-refractivity contribution in [2.75, 3.05) is 0 Å². The second-order valence-electron chi connectivity index (χ2n) is 5.87. The lowest BCUT2D eigenvalue weighted by Crippen LogP contribution is -1.97. The zero-order valence-corrected chi connectivity index (χ0v) is 17.6. The molecule has 3 aromatic rings. The number of nitrogens with zero attached hydrogens (tertiary/aromatic N) is 1. The van der Waals surface area contributed by atoms with Gasteiger partial charge in [0.25, 0.3) is 0 Å². The molecule has 0 bridgehead atoms. The van der Waals surface area contributed by atoms with E-state index < -0.39 is 0 Å². The normalized spacial score (nSPS) is 11.0. The fourth-order valence-electron chi connectivity index (χ4n) is 2.49. The van der Waals surface area contributed by atoms with Gasteiger partial charge in [0.15, 0.2) is 0 Å². The number of halogens is 2. The first-order valence-corrected chi connectivity index (χ1v) is 10.0. The summed E-state index contributed by atoms with van der Waals surface area (Å²) in [5.41, 5.74) is 4.39. The molecule has 0 aromatic heterocycles. The Morgan fingerprint density at radius 2 is 1.54 bits per heavy atom. The molecule has 3 aromatic carbocycles. The van der Waals surface area contributed by atoms with Crippen molar-refractivity contribution >= 4 is 43.8 Å². The van der Waals surface area contributed by atoms with Gasteiger partial charge in [-0.25, -0.2) is 0 Å². The maximum atomic E-state index is 5.96. The maximum Gasteiger partial charge on any atom is 0.148 e. The molecule has 0 spiro atoms. The molecular weight excluding hydrogens is 454 g/mol. The lowest BCUT2D eigenvalue weighted by molar-refractivity contribution is 0.302. The Kier molecular flexibility index (Phi) is 6.64. The fraction of sp³-hybridized carbons (Fsp3) is 0.136.